The van der Waals surface area contributed by atoms with Crippen LogP contribution in [0.1, 0.15) is 47.8 Å². The SMILES string of the molecule is CCc1c(OC)c(C(N)=O)cc(Cl)c1C(C)(C)c1ccccc1. The zero-order valence-electron chi connectivity index (χ0n) is 13.9. The number of hydrogen-bond acceptors (Lipinski definition) is 2. The number of amides is 1. The molecular weight excluding hydrogens is 310 g/mol. The fourth-order valence-electron chi connectivity index (χ4n) is 3.11. The molecule has 0 bridgehead atoms. The van der Waals surface area contributed by atoms with Gasteiger partial charge in [-0.15, -0.1) is 0 Å². The Morgan fingerprint density at radius 3 is 2.35 bits per heavy atom. The molecule has 0 aliphatic rings. The van der Waals surface area contributed by atoms with Gasteiger partial charge in [-0.1, -0.05) is 62.7 Å². The van der Waals surface area contributed by atoms with Gasteiger partial charge in [0.15, 0.2) is 0 Å². The highest BCUT2D eigenvalue weighted by Gasteiger charge is 2.31. The van der Waals surface area contributed by atoms with Crippen LogP contribution in [-0.2, 0) is 11.8 Å². The first-order valence-corrected chi connectivity index (χ1v) is 7.97. The van der Waals surface area contributed by atoms with E-state index in [4.69, 9.17) is 22.1 Å². The Morgan fingerprint density at radius 1 is 1.26 bits per heavy atom. The quantitative estimate of drug-likeness (QED) is 0.886. The third kappa shape index (κ3) is 3.06. The number of primary amides is 1. The highest BCUT2D eigenvalue weighted by molar-refractivity contribution is 6.32. The van der Waals surface area contributed by atoms with Crippen LogP contribution < -0.4 is 10.5 Å². The third-order valence-electron chi connectivity index (χ3n) is 4.27. The fourth-order valence-corrected chi connectivity index (χ4v) is 3.57. The van der Waals surface area contributed by atoms with E-state index in [0.717, 1.165) is 16.7 Å². The molecule has 0 fully saturated rings. The van der Waals surface area contributed by atoms with Gasteiger partial charge in [0.25, 0.3) is 5.91 Å². The van der Waals surface area contributed by atoms with Gasteiger partial charge in [0.2, 0.25) is 0 Å². The van der Waals surface area contributed by atoms with Crippen molar-refractivity contribution < 1.29 is 9.53 Å². The molecule has 0 aliphatic heterocycles. The van der Waals surface area contributed by atoms with Gasteiger partial charge in [0.05, 0.1) is 12.7 Å². The van der Waals surface area contributed by atoms with Crippen LogP contribution in [0.15, 0.2) is 36.4 Å². The molecule has 0 aromatic heterocycles. The summed E-state index contributed by atoms with van der Waals surface area (Å²) in [6.45, 7) is 6.25. The minimum Gasteiger partial charge on any atom is -0.496 e. The molecule has 0 atom stereocenters. The largest absolute Gasteiger partial charge is 0.496 e. The summed E-state index contributed by atoms with van der Waals surface area (Å²) < 4.78 is 5.50. The molecule has 2 N–H and O–H groups in total. The van der Waals surface area contributed by atoms with Crippen LogP contribution in [0.5, 0.6) is 5.75 Å². The number of rotatable bonds is 5. The first kappa shape index (κ1) is 17.4. The summed E-state index contributed by atoms with van der Waals surface area (Å²) in [7, 11) is 1.55. The van der Waals surface area contributed by atoms with Gasteiger partial charge in [-0.2, -0.15) is 0 Å². The molecule has 1 amide bonds. The molecule has 2 aromatic rings. The molecule has 0 unspecified atom stereocenters. The molecule has 3 nitrogen and oxygen atoms in total. The summed E-state index contributed by atoms with van der Waals surface area (Å²) in [5, 5.41) is 0.533. The van der Waals surface area contributed by atoms with Crippen molar-refractivity contribution in [3.63, 3.8) is 0 Å². The second kappa shape index (κ2) is 6.63. The van der Waals surface area contributed by atoms with Crippen LogP contribution in [0.2, 0.25) is 5.02 Å². The maximum atomic E-state index is 11.7. The fraction of sp³-hybridized carbons (Fsp3) is 0.316. The van der Waals surface area contributed by atoms with Crippen molar-refractivity contribution in [3.8, 4) is 5.75 Å². The Balaban J connectivity index is 2.79. The van der Waals surface area contributed by atoms with Gasteiger partial charge < -0.3 is 10.5 Å². The van der Waals surface area contributed by atoms with Crippen molar-refractivity contribution in [3.05, 3.63) is 63.7 Å². The lowest BCUT2D eigenvalue weighted by molar-refractivity contribution is 0.0997. The summed E-state index contributed by atoms with van der Waals surface area (Å²) >= 11 is 6.56. The maximum Gasteiger partial charge on any atom is 0.252 e. The lowest BCUT2D eigenvalue weighted by Gasteiger charge is -2.31. The second-order valence-electron chi connectivity index (χ2n) is 6.00. The highest BCUT2D eigenvalue weighted by atomic mass is 35.5. The van der Waals surface area contributed by atoms with E-state index in [1.807, 2.05) is 25.1 Å². The molecule has 23 heavy (non-hydrogen) atoms. The van der Waals surface area contributed by atoms with Crippen LogP contribution in [-0.4, -0.2) is 13.0 Å². The second-order valence-corrected chi connectivity index (χ2v) is 6.41. The predicted octanol–water partition coefficient (Wildman–Crippen LogP) is 4.34. The Morgan fingerprint density at radius 2 is 1.87 bits per heavy atom. The average molecular weight is 332 g/mol. The first-order chi connectivity index (χ1) is 10.8. The van der Waals surface area contributed by atoms with Gasteiger partial charge >= 0.3 is 0 Å². The summed E-state index contributed by atoms with van der Waals surface area (Å²) in [6.07, 6.45) is 0.690. The predicted molar refractivity (Wildman–Crippen MR) is 94.5 cm³/mol. The molecule has 2 rings (SSSR count). The molecule has 0 saturated carbocycles. The van der Waals surface area contributed by atoms with Crippen molar-refractivity contribution in [2.75, 3.05) is 7.11 Å². The molecule has 0 radical (unpaired) electrons. The van der Waals surface area contributed by atoms with E-state index in [1.165, 1.54) is 0 Å². The van der Waals surface area contributed by atoms with E-state index in [1.54, 1.807) is 13.2 Å². The van der Waals surface area contributed by atoms with Crippen LogP contribution in [0.25, 0.3) is 0 Å². The van der Waals surface area contributed by atoms with Crippen LogP contribution in [0, 0.1) is 0 Å². The van der Waals surface area contributed by atoms with Crippen LogP contribution >= 0.6 is 11.6 Å². The number of benzene rings is 2. The van der Waals surface area contributed by atoms with Crippen LogP contribution in [0.4, 0.5) is 0 Å². The monoisotopic (exact) mass is 331 g/mol. The number of hydrogen-bond donors (Lipinski definition) is 1. The molecular formula is C19H22ClNO2. The standard InChI is InChI=1S/C19H22ClNO2/c1-5-13-16(19(2,3)12-9-7-6-8-10-12)15(20)11-14(18(21)22)17(13)23-4/h6-11H,5H2,1-4H3,(H2,21,22). The number of methoxy groups -OCH3 is 1. The van der Waals surface area contributed by atoms with E-state index >= 15 is 0 Å². The Bertz CT molecular complexity index is 724. The topological polar surface area (TPSA) is 52.3 Å². The average Bonchev–Trinajstić information content (AvgIpc) is 2.54. The maximum absolute atomic E-state index is 11.7. The zero-order chi connectivity index (χ0) is 17.2. The van der Waals surface area contributed by atoms with Gasteiger partial charge in [0, 0.05) is 16.0 Å². The number of ether oxygens (including phenoxy) is 1. The van der Waals surface area contributed by atoms with E-state index in [-0.39, 0.29) is 5.41 Å². The molecule has 2 aromatic carbocycles. The Hall–Kier alpha value is -2.00. The lowest BCUT2D eigenvalue weighted by atomic mass is 9.75. The van der Waals surface area contributed by atoms with Crippen LogP contribution in [0.3, 0.4) is 0 Å². The molecule has 0 spiro atoms. The van der Waals surface area contributed by atoms with Crippen molar-refractivity contribution in [2.24, 2.45) is 5.73 Å². The summed E-state index contributed by atoms with van der Waals surface area (Å²) in [5.41, 5.74) is 8.50. The summed E-state index contributed by atoms with van der Waals surface area (Å²) in [4.78, 5) is 11.7. The smallest absolute Gasteiger partial charge is 0.252 e. The van der Waals surface area contributed by atoms with Gasteiger partial charge in [-0.25, -0.2) is 0 Å². The Kier molecular flexibility index (Phi) is 5.00. The number of nitrogens with two attached hydrogens (primary N) is 1. The first-order valence-electron chi connectivity index (χ1n) is 7.59. The molecule has 0 aliphatic carbocycles. The van der Waals surface area contributed by atoms with Gasteiger partial charge in [0.1, 0.15) is 5.75 Å². The summed E-state index contributed by atoms with van der Waals surface area (Å²) in [5.74, 6) is -0.0223. The van der Waals surface area contributed by atoms with E-state index in [2.05, 4.69) is 26.0 Å². The van der Waals surface area contributed by atoms with Crippen molar-refractivity contribution in [2.45, 2.75) is 32.6 Å². The lowest BCUT2D eigenvalue weighted by Crippen LogP contribution is -2.23. The van der Waals surface area contributed by atoms with Gasteiger partial charge in [-0.3, -0.25) is 4.79 Å². The molecule has 4 heteroatoms. The van der Waals surface area contributed by atoms with E-state index < -0.39 is 5.91 Å². The summed E-state index contributed by atoms with van der Waals surface area (Å²) in [6, 6.07) is 11.8. The van der Waals surface area contributed by atoms with Gasteiger partial charge in [-0.05, 0) is 23.6 Å². The third-order valence-corrected chi connectivity index (χ3v) is 4.57. The molecule has 0 heterocycles. The minimum atomic E-state index is -0.539. The van der Waals surface area contributed by atoms with Crippen molar-refractivity contribution >= 4 is 17.5 Å². The minimum absolute atomic E-state index is 0.321. The highest BCUT2D eigenvalue weighted by Crippen LogP contribution is 2.43. The normalized spacial score (nSPS) is 11.3. The van der Waals surface area contributed by atoms with E-state index in [0.29, 0.717) is 22.8 Å². The number of carbonyl (C=O) groups excluding carboxylic acids is 1. The molecule has 122 valence electrons. The zero-order valence-corrected chi connectivity index (χ0v) is 14.7. The Labute approximate surface area is 142 Å². The van der Waals surface area contributed by atoms with E-state index in [9.17, 15) is 4.79 Å². The van der Waals surface area contributed by atoms with Crippen molar-refractivity contribution in [1.29, 1.82) is 0 Å². The van der Waals surface area contributed by atoms with Crippen molar-refractivity contribution in [1.82, 2.24) is 0 Å². The molecule has 0 saturated heterocycles. The number of halogens is 1. The number of carbonyl (C=O) groups is 1.